The van der Waals surface area contributed by atoms with Crippen LogP contribution in [0.2, 0.25) is 0 Å². The summed E-state index contributed by atoms with van der Waals surface area (Å²) in [5, 5.41) is 88.9. The van der Waals surface area contributed by atoms with Gasteiger partial charge in [0, 0.05) is 72.1 Å². The van der Waals surface area contributed by atoms with Crippen molar-refractivity contribution in [3.63, 3.8) is 0 Å². The summed E-state index contributed by atoms with van der Waals surface area (Å²) in [6.07, 6.45) is 0. The summed E-state index contributed by atoms with van der Waals surface area (Å²) in [6.45, 7) is 8.50. The minimum absolute atomic E-state index is 0. The van der Waals surface area contributed by atoms with E-state index in [0.717, 1.165) is 126 Å². The standard InChI is InChI=1S/C43H32N10O12S5.C40H26N9O12S5.5Li.4Na.O3S/c1-23(2)46-26-9-7-25(8-10-26)38-35(22-45)42(66-43(38)53-50-29-19-33-32(37(20-29)70(63,64)65)5-4-6-36(33)69(60,61)62)52-51-39-24(3)34(21-44)40(47-27-11-15-30(16-12-27)67(54,55)56)49-41(39)48-28-13-17-31(18-14-28)68(57,58)59;1-22-31(20-41)37(43-24-10-14-27(15-11-24)63(50,51)52)45-38(44-25-12-16-28(17-13-25)64(53,54)55)36(22)47-48-39-32(21-42)35(23-6-3-2-4-7-23)40(62-39)49-46-26-18-30-29(34(19-26)66(59,60)61)8-5-9-33(30)65(56,57)58;;;;;;;;;;1-4(2)3/h4-20,46H,1H2,2-3H3,(H2,47,48,49)(H,54,55,56)(H,57,58,59)(H,60,61,62)(H,63,64,65);2-4,6-19H,1H3,(H2,43,44,45)(H,50,51,52)(H,53,54,55)(H,56,57,58)(H,59,60,61);;;;;;;;;;/q;-1;9*+1;/p-8. The molecule has 0 spiro atoms. The molecule has 0 aliphatic heterocycles. The molecule has 0 aliphatic carbocycles. The van der Waals surface area contributed by atoms with Gasteiger partial charge in [-0.15, -0.1) is 64.3 Å². The number of azo groups is 4. The van der Waals surface area contributed by atoms with Crippen LogP contribution in [0.15, 0.2) is 299 Å². The first kappa shape index (κ1) is 135. The van der Waals surface area contributed by atoms with Gasteiger partial charge in [-0.1, -0.05) is 83.8 Å². The number of rotatable bonds is 28. The van der Waals surface area contributed by atoms with Gasteiger partial charge in [0.25, 0.3) is 0 Å². The van der Waals surface area contributed by atoms with Crippen LogP contribution in [0.5, 0.6) is 0 Å². The molecule has 4 aromatic heterocycles. The van der Waals surface area contributed by atoms with Crippen molar-refractivity contribution in [3.05, 3.63) is 258 Å². The van der Waals surface area contributed by atoms with Crippen molar-refractivity contribution < 1.29 is 329 Å². The maximum absolute atomic E-state index is 12.4. The largest absolute Gasteiger partial charge is 1.00 e. The normalized spacial score (nSPS) is 11.4. The van der Waals surface area contributed by atoms with E-state index < -0.39 is 147 Å². The molecule has 0 unspecified atom stereocenters. The zero-order chi connectivity index (χ0) is 102. The van der Waals surface area contributed by atoms with Crippen LogP contribution < -0.4 is 239 Å². The van der Waals surface area contributed by atoms with Crippen molar-refractivity contribution in [1.82, 2.24) is 9.97 Å². The molecule has 5 N–H and O–H groups in total. The molecule has 14 rings (SSSR count). The molecule has 0 atom stereocenters. The summed E-state index contributed by atoms with van der Waals surface area (Å²) < 4.78 is 311. The zero-order valence-electron chi connectivity index (χ0n) is 79.1. The number of benzene rings is 10. The van der Waals surface area contributed by atoms with E-state index in [1.807, 2.05) is 12.1 Å². The van der Waals surface area contributed by atoms with E-state index in [9.17, 15) is 125 Å². The molecule has 0 fully saturated rings. The molecule has 10 aromatic carbocycles. The van der Waals surface area contributed by atoms with E-state index in [1.54, 1.807) is 61.5 Å². The molecule has 14 aromatic rings. The number of hydrogen-bond acceptors (Lipinski definition) is 48. The second-order valence-electron chi connectivity index (χ2n) is 28.3. The molecule has 4 heterocycles. The predicted octanol–water partition coefficient (Wildman–Crippen LogP) is -11.3. The van der Waals surface area contributed by atoms with Gasteiger partial charge in [0.2, 0.25) is 0 Å². The predicted molar refractivity (Wildman–Crippen MR) is 490 cm³/mol. The number of fused-ring (bicyclic) bond motifs is 2. The number of allylic oxidation sites excluding steroid dienone is 1. The first-order valence-electron chi connectivity index (χ1n) is 37.9. The van der Waals surface area contributed by atoms with Crippen LogP contribution in [0.3, 0.4) is 0 Å². The number of thiophene rings is 2. The van der Waals surface area contributed by atoms with Crippen LogP contribution >= 0.6 is 22.7 Å². The number of nitriles is 4. The summed E-state index contributed by atoms with van der Waals surface area (Å²) in [6, 6.07) is 52.3. The number of nitrogens with zero attached hydrogens (tertiary/aromatic N) is 14. The van der Waals surface area contributed by atoms with E-state index in [4.69, 9.17) is 12.6 Å². The minimum atomic E-state index is -5.30. The molecule has 149 heavy (non-hydrogen) atoms. The van der Waals surface area contributed by atoms with Gasteiger partial charge in [0.15, 0.2) is 33.3 Å². The Morgan fingerprint density at radius 3 is 0.960 bits per heavy atom. The van der Waals surface area contributed by atoms with Crippen LogP contribution in [-0.2, 0) is 91.6 Å². The molecule has 0 amide bonds. The minimum Gasteiger partial charge on any atom is -0.754 e. The number of pyridine rings is 2. The molecule has 46 nitrogen and oxygen atoms in total. The molecule has 0 saturated heterocycles. The Kier molecular flexibility index (Phi) is 50.6. The van der Waals surface area contributed by atoms with E-state index >= 15 is 0 Å². The van der Waals surface area contributed by atoms with Crippen LogP contribution in [0.25, 0.3) is 43.8 Å². The zero-order valence-corrected chi connectivity index (χ0v) is 96.1. The van der Waals surface area contributed by atoms with E-state index in [2.05, 4.69) is 102 Å². The molecular formula is C83H50Li5N19Na4O27S11. The molecule has 66 heteroatoms. The second-order valence-corrected chi connectivity index (χ2v) is 41.6. The Labute approximate surface area is 1010 Å². The van der Waals surface area contributed by atoms with Gasteiger partial charge in [0.1, 0.15) is 128 Å². The number of nitrogens with one attached hydrogen (secondary N) is 5. The van der Waals surface area contributed by atoms with Crippen LogP contribution in [-0.4, -0.2) is 126 Å². The van der Waals surface area contributed by atoms with Gasteiger partial charge in [-0.05, 0) is 176 Å². The molecule has 0 radical (unpaired) electrons. The maximum Gasteiger partial charge on any atom is 1.00 e. The van der Waals surface area contributed by atoms with Crippen LogP contribution in [0.1, 0.15) is 40.3 Å². The van der Waals surface area contributed by atoms with E-state index in [1.165, 1.54) is 62.4 Å². The Bertz CT molecular complexity index is 8970. The fourth-order valence-corrected chi connectivity index (χ4v) is 19.4. The fraction of sp³-hybridized carbons (Fsp3) is 0.0361. The summed E-state index contributed by atoms with van der Waals surface area (Å²) in [4.78, 5) is 3.40. The van der Waals surface area contributed by atoms with Gasteiger partial charge in [0.05, 0.1) is 62.0 Å². The monoisotopic (exact) mass is 2220 g/mol. The van der Waals surface area contributed by atoms with Crippen molar-refractivity contribution in [1.29, 1.82) is 21.0 Å². The van der Waals surface area contributed by atoms with Crippen LogP contribution in [0.4, 0.5) is 94.5 Å². The Morgan fingerprint density at radius 1 is 0.342 bits per heavy atom. The summed E-state index contributed by atoms with van der Waals surface area (Å²) in [5.41, 5.74) is 1.92. The number of anilines is 9. The average Bonchev–Trinajstić information content (AvgIpc) is 1.77. The molecular weight excluding hydrogens is 2170 g/mol. The average molecular weight is 2220 g/mol. The van der Waals surface area contributed by atoms with E-state index in [0.29, 0.717) is 22.5 Å². The number of hydrogen-bond donors (Lipinski definition) is 5. The smallest absolute Gasteiger partial charge is 0.754 e. The molecule has 0 bridgehead atoms. The first-order valence-corrected chi connectivity index (χ1v) is 51.8. The summed E-state index contributed by atoms with van der Waals surface area (Å²) >= 11 is 1.51. The third-order valence-corrected chi connectivity index (χ3v) is 27.9. The quantitative estimate of drug-likeness (QED) is 0.0132. The van der Waals surface area contributed by atoms with Gasteiger partial charge in [-0.25, -0.2) is 68.9 Å². The summed E-state index contributed by atoms with van der Waals surface area (Å²) in [7, 11) is -43.3. The fourth-order valence-electron chi connectivity index (χ4n) is 12.9. The maximum atomic E-state index is 12.4. The second kappa shape index (κ2) is 56.0. The van der Waals surface area contributed by atoms with Crippen molar-refractivity contribution in [2.24, 2.45) is 40.9 Å². The van der Waals surface area contributed by atoms with Gasteiger partial charge in [-0.3, -0.25) is 8.42 Å². The Morgan fingerprint density at radius 2 is 0.644 bits per heavy atom. The SMILES string of the molecule is C=C(C)Nc1ccc(-c2c(N=Nc3cc(S(=O)(=O)[O-])c4cccc(S(=O)(=O)[O-])c4c3)sc(N=Nc3c(Nc4ccc(S(=O)(=O)[O-])cc4)nc(Nc4ccc(S(=O)(=O)[O-])cc4)c(C#N)c3C)c2C#N)cc1.Cc1c(C#N)c(Nc2ccc(S(=O)(=O)[O-])cc2)nc(Nc2ccc(S(=O)(=O)[O-])cc2)c1N=Nc1sc(N=Nc2cc(S(=O)(=O)[O-])c3c[c-]cc(S(=O)(=O)[O-])c3c2)c(-c2ccccc2)c1C#N.O=S(=O)=O.[Li+].[Li+].[Li+].[Li+].[Li+].[Na+].[Na+].[Na+].[Na+]. The van der Waals surface area contributed by atoms with Crippen molar-refractivity contribution in [2.45, 2.75) is 59.9 Å². The van der Waals surface area contributed by atoms with Gasteiger partial charge in [-0.2, -0.15) is 39.2 Å². The molecule has 0 aliphatic rings. The third-order valence-electron chi connectivity index (χ3n) is 19.0. The van der Waals surface area contributed by atoms with Crippen LogP contribution in [0, 0.1) is 65.2 Å². The Balaban J connectivity index is 0.000000698. The van der Waals surface area contributed by atoms with E-state index in [-0.39, 0.29) is 351 Å². The summed E-state index contributed by atoms with van der Waals surface area (Å²) in [5.74, 6) is -0.460. The van der Waals surface area contributed by atoms with Gasteiger partial charge < -0.3 is 63.0 Å². The topological polar surface area (TPSA) is 789 Å². The molecule has 714 valence electrons. The van der Waals surface area contributed by atoms with Crippen molar-refractivity contribution in [2.75, 3.05) is 26.6 Å². The van der Waals surface area contributed by atoms with Crippen molar-refractivity contribution in [3.8, 4) is 46.5 Å². The molecule has 0 saturated carbocycles. The first-order chi connectivity index (χ1) is 65.6. The third kappa shape index (κ3) is 34.2. The van der Waals surface area contributed by atoms with Crippen molar-refractivity contribution >= 4 is 230 Å². The number of aromatic nitrogens is 2. The Hall–Kier alpha value is -8.59. The van der Waals surface area contributed by atoms with Gasteiger partial charge >= 0.3 is 223 Å².